The lowest BCUT2D eigenvalue weighted by atomic mass is 9.99. The highest BCUT2D eigenvalue weighted by atomic mass is 16.3. The van der Waals surface area contributed by atoms with E-state index in [-0.39, 0.29) is 23.0 Å². The molecule has 6 heteroatoms. The third-order valence-electron chi connectivity index (χ3n) is 5.45. The van der Waals surface area contributed by atoms with Gasteiger partial charge in [-0.05, 0) is 111 Å². The van der Waals surface area contributed by atoms with E-state index in [4.69, 9.17) is 9.97 Å². The van der Waals surface area contributed by atoms with Crippen LogP contribution in [0.25, 0.3) is 33.7 Å². The van der Waals surface area contributed by atoms with E-state index < -0.39 is 0 Å². The summed E-state index contributed by atoms with van der Waals surface area (Å²) >= 11 is 0. The first-order chi connectivity index (χ1) is 17.7. The Labute approximate surface area is 216 Å². The third kappa shape index (κ3) is 6.86. The molecule has 0 atom stereocenters. The van der Waals surface area contributed by atoms with Gasteiger partial charge in [-0.3, -0.25) is 0 Å². The van der Waals surface area contributed by atoms with E-state index >= 15 is 0 Å². The van der Waals surface area contributed by atoms with E-state index in [1.54, 1.807) is 91.9 Å². The van der Waals surface area contributed by atoms with Crippen molar-refractivity contribution >= 4 is 11.1 Å². The van der Waals surface area contributed by atoms with Crippen LogP contribution in [0, 0.1) is 0 Å². The van der Waals surface area contributed by atoms with Gasteiger partial charge in [0.05, 0.1) is 22.8 Å². The van der Waals surface area contributed by atoms with Crippen molar-refractivity contribution in [2.24, 2.45) is 0 Å². The second-order valence-corrected chi connectivity index (χ2v) is 8.23. The Balaban J connectivity index is 2.33. The minimum absolute atomic E-state index is 0.0848. The summed E-state index contributed by atoms with van der Waals surface area (Å²) in [6.45, 7) is 9.55. The first-order valence-corrected chi connectivity index (χ1v) is 11.7. The maximum Gasteiger partial charge on any atom is 0.115 e. The van der Waals surface area contributed by atoms with Gasteiger partial charge in [-0.15, -0.1) is 0 Å². The second-order valence-electron chi connectivity index (χ2n) is 8.23. The number of hydrogen-bond donors (Lipinski definition) is 4. The van der Waals surface area contributed by atoms with E-state index in [2.05, 4.69) is 6.58 Å². The van der Waals surface area contributed by atoms with Crippen LogP contribution in [0.2, 0.25) is 0 Å². The first-order valence-electron chi connectivity index (χ1n) is 11.7. The molecule has 0 unspecified atom stereocenters. The van der Waals surface area contributed by atoms with Gasteiger partial charge < -0.3 is 20.4 Å². The summed E-state index contributed by atoms with van der Waals surface area (Å²) in [6, 6.07) is 13.3. The van der Waals surface area contributed by atoms with E-state index in [1.807, 2.05) is 13.8 Å². The number of aliphatic hydroxyl groups is 2. The fourth-order valence-corrected chi connectivity index (χ4v) is 3.45. The van der Waals surface area contributed by atoms with Crippen LogP contribution in [0.4, 0.5) is 0 Å². The van der Waals surface area contributed by atoms with Gasteiger partial charge in [-0.25, -0.2) is 9.97 Å². The Morgan fingerprint density at radius 2 is 1.22 bits per heavy atom. The van der Waals surface area contributed by atoms with Crippen molar-refractivity contribution in [3.63, 3.8) is 0 Å². The van der Waals surface area contributed by atoms with Gasteiger partial charge in [-0.1, -0.05) is 18.7 Å². The van der Waals surface area contributed by atoms with E-state index in [0.717, 1.165) is 16.7 Å². The van der Waals surface area contributed by atoms with Crippen molar-refractivity contribution in [3.8, 4) is 34.0 Å². The molecule has 0 aliphatic carbocycles. The summed E-state index contributed by atoms with van der Waals surface area (Å²) in [7, 11) is 0. The number of hydrogen-bond acceptors (Lipinski definition) is 6. The molecule has 3 rings (SSSR count). The Kier molecular flexibility index (Phi) is 8.84. The Morgan fingerprint density at radius 1 is 0.703 bits per heavy atom. The number of aliphatic hydroxyl groups excluding tert-OH is 2. The van der Waals surface area contributed by atoms with E-state index in [1.165, 1.54) is 6.08 Å². The number of rotatable bonds is 8. The Morgan fingerprint density at radius 3 is 1.70 bits per heavy atom. The molecule has 6 nitrogen and oxygen atoms in total. The number of allylic oxidation sites excluding steroid dienone is 9. The minimum Gasteiger partial charge on any atom is -0.508 e. The Bertz CT molecular complexity index is 1430. The number of benzene rings is 2. The molecule has 0 radical (unpaired) electrons. The summed E-state index contributed by atoms with van der Waals surface area (Å²) in [5, 5.41) is 39.6. The van der Waals surface area contributed by atoms with Crippen molar-refractivity contribution in [1.82, 2.24) is 9.97 Å². The lowest BCUT2D eigenvalue weighted by molar-refractivity contribution is 0.431. The van der Waals surface area contributed by atoms with Crippen molar-refractivity contribution in [3.05, 3.63) is 121 Å². The SMILES string of the molecule is C=C(/C=C\C(O)=C/C)c1nc(-c2ccc(O)cc2)c(-c2ccc(O)cc2)nc1/C(C)=C/C=C(O)\C=C/C. The summed E-state index contributed by atoms with van der Waals surface area (Å²) in [5.74, 6) is 0.428. The molecule has 1 heterocycles. The molecule has 37 heavy (non-hydrogen) atoms. The molecule has 0 aliphatic rings. The largest absolute Gasteiger partial charge is 0.508 e. The highest BCUT2D eigenvalue weighted by Crippen LogP contribution is 2.35. The fourth-order valence-electron chi connectivity index (χ4n) is 3.45. The molecule has 0 bridgehead atoms. The average Bonchev–Trinajstić information content (AvgIpc) is 2.90. The van der Waals surface area contributed by atoms with E-state index in [0.29, 0.717) is 28.3 Å². The molecule has 0 fully saturated rings. The number of phenols is 2. The lowest BCUT2D eigenvalue weighted by Gasteiger charge is -2.16. The zero-order chi connectivity index (χ0) is 26.9. The maximum atomic E-state index is 10.1. The molecule has 0 saturated heterocycles. The molecule has 0 aliphatic heterocycles. The van der Waals surface area contributed by atoms with Crippen LogP contribution in [-0.4, -0.2) is 30.4 Å². The molecule has 3 aromatic rings. The maximum absolute atomic E-state index is 10.1. The minimum atomic E-state index is 0.0848. The highest BCUT2D eigenvalue weighted by Gasteiger charge is 2.19. The number of phenolic OH excluding ortho intramolecular Hbond substituents is 2. The van der Waals surface area contributed by atoms with Crippen LogP contribution < -0.4 is 0 Å². The predicted molar refractivity (Wildman–Crippen MR) is 150 cm³/mol. The average molecular weight is 495 g/mol. The lowest BCUT2D eigenvalue weighted by Crippen LogP contribution is -2.04. The van der Waals surface area contributed by atoms with Crippen molar-refractivity contribution in [1.29, 1.82) is 0 Å². The van der Waals surface area contributed by atoms with Crippen LogP contribution in [0.5, 0.6) is 11.5 Å². The second kappa shape index (κ2) is 12.2. The third-order valence-corrected chi connectivity index (χ3v) is 5.45. The van der Waals surface area contributed by atoms with Gasteiger partial charge >= 0.3 is 0 Å². The molecular weight excluding hydrogens is 464 g/mol. The van der Waals surface area contributed by atoms with Gasteiger partial charge in [0.25, 0.3) is 0 Å². The number of aromatic hydroxyl groups is 2. The van der Waals surface area contributed by atoms with Crippen molar-refractivity contribution in [2.45, 2.75) is 20.8 Å². The highest BCUT2D eigenvalue weighted by molar-refractivity contribution is 5.85. The van der Waals surface area contributed by atoms with Gasteiger partial charge in [0.15, 0.2) is 0 Å². The topological polar surface area (TPSA) is 107 Å². The van der Waals surface area contributed by atoms with Crippen molar-refractivity contribution < 1.29 is 20.4 Å². The molecule has 0 spiro atoms. The zero-order valence-corrected chi connectivity index (χ0v) is 21.1. The van der Waals surface area contributed by atoms with Gasteiger partial charge in [-0.2, -0.15) is 0 Å². The van der Waals surface area contributed by atoms with Gasteiger partial charge in [0, 0.05) is 11.1 Å². The summed E-state index contributed by atoms with van der Waals surface area (Å²) < 4.78 is 0. The van der Waals surface area contributed by atoms with Crippen molar-refractivity contribution in [2.75, 3.05) is 0 Å². The van der Waals surface area contributed by atoms with Crippen LogP contribution in [-0.2, 0) is 0 Å². The number of aromatic nitrogens is 2. The first kappa shape index (κ1) is 26.8. The zero-order valence-electron chi connectivity index (χ0n) is 21.1. The van der Waals surface area contributed by atoms with Gasteiger partial charge in [0.1, 0.15) is 23.0 Å². The molecule has 1 aromatic heterocycles. The summed E-state index contributed by atoms with van der Waals surface area (Å²) in [5.41, 5.74) is 4.82. The molecule has 188 valence electrons. The fraction of sp³-hybridized carbons (Fsp3) is 0.0968. The van der Waals surface area contributed by atoms with Crippen LogP contribution in [0.15, 0.2) is 109 Å². The summed E-state index contributed by atoms with van der Waals surface area (Å²) in [4.78, 5) is 9.95. The molecular formula is C31H30N2O4. The Hall–Kier alpha value is -4.84. The van der Waals surface area contributed by atoms with E-state index in [9.17, 15) is 20.4 Å². The van der Waals surface area contributed by atoms with Gasteiger partial charge in [0.2, 0.25) is 0 Å². The summed E-state index contributed by atoms with van der Waals surface area (Å²) in [6.07, 6.45) is 11.4. The molecule has 0 saturated carbocycles. The molecule has 0 amide bonds. The normalized spacial score (nSPS) is 13.0. The smallest absolute Gasteiger partial charge is 0.115 e. The molecule has 4 N–H and O–H groups in total. The predicted octanol–water partition coefficient (Wildman–Crippen LogP) is 7.67. The van der Waals surface area contributed by atoms with Crippen LogP contribution in [0.3, 0.4) is 0 Å². The van der Waals surface area contributed by atoms with Crippen LogP contribution >= 0.6 is 0 Å². The molecule has 2 aromatic carbocycles. The monoisotopic (exact) mass is 494 g/mol. The standard InChI is InChI=1S/C31H30N2O4/c1-5-7-25(35)15-9-21(4)29-28(20(3)8-14-24(34)6-2)32-30(22-10-16-26(36)17-11-22)31(33-29)23-12-18-27(37)19-13-23/h5-19,34-37H,3H2,1-2,4H3/b7-5-,14-8-,21-9+,24-6+,25-15+. The number of nitrogens with zero attached hydrogens (tertiary/aromatic N) is 2. The quantitative estimate of drug-likeness (QED) is 0.189. The van der Waals surface area contributed by atoms with Crippen LogP contribution in [0.1, 0.15) is 32.2 Å².